The monoisotopic (exact) mass is 226 g/mol. The molecule has 0 saturated carbocycles. The minimum atomic E-state index is -0.652. The van der Waals surface area contributed by atoms with Crippen LogP contribution in [0, 0.1) is 11.6 Å². The van der Waals surface area contributed by atoms with Crippen molar-refractivity contribution >= 4 is 11.6 Å². The lowest BCUT2D eigenvalue weighted by Crippen LogP contribution is -2.30. The van der Waals surface area contributed by atoms with Gasteiger partial charge in [-0.1, -0.05) is 0 Å². The van der Waals surface area contributed by atoms with Gasteiger partial charge in [0.1, 0.15) is 17.7 Å². The van der Waals surface area contributed by atoms with Gasteiger partial charge in [0.2, 0.25) is 5.91 Å². The number of halogens is 2. The number of anilines is 1. The molecule has 0 aliphatic carbocycles. The number of carbonyl (C=O) groups excluding carboxylic acids is 1. The quantitative estimate of drug-likeness (QED) is 0.830. The van der Waals surface area contributed by atoms with Gasteiger partial charge in [0.05, 0.1) is 0 Å². The average molecular weight is 226 g/mol. The Bertz CT molecular complexity index is 402. The SMILES string of the molecule is CN1CC[C@@H](Nc2cc(F)cc(F)c2)C1=O. The van der Waals surface area contributed by atoms with E-state index in [2.05, 4.69) is 5.32 Å². The second-order valence-corrected chi connectivity index (χ2v) is 3.90. The summed E-state index contributed by atoms with van der Waals surface area (Å²) in [5.41, 5.74) is 0.297. The summed E-state index contributed by atoms with van der Waals surface area (Å²) in [7, 11) is 1.70. The molecule has 3 nitrogen and oxygen atoms in total. The fourth-order valence-electron chi connectivity index (χ4n) is 1.79. The van der Waals surface area contributed by atoms with Crippen LogP contribution in [0.4, 0.5) is 14.5 Å². The van der Waals surface area contributed by atoms with Gasteiger partial charge in [-0.05, 0) is 18.6 Å². The summed E-state index contributed by atoms with van der Waals surface area (Å²) in [4.78, 5) is 13.1. The zero-order valence-corrected chi connectivity index (χ0v) is 8.84. The molecule has 0 spiro atoms. The molecule has 1 atom stereocenters. The summed E-state index contributed by atoms with van der Waals surface area (Å²) >= 11 is 0. The van der Waals surface area contributed by atoms with Crippen molar-refractivity contribution in [2.24, 2.45) is 0 Å². The van der Waals surface area contributed by atoms with Gasteiger partial charge in [-0.3, -0.25) is 4.79 Å². The molecule has 16 heavy (non-hydrogen) atoms. The van der Waals surface area contributed by atoms with Crippen LogP contribution in [0.3, 0.4) is 0 Å². The van der Waals surface area contributed by atoms with Gasteiger partial charge in [-0.2, -0.15) is 0 Å². The molecule has 0 unspecified atom stereocenters. The Balaban J connectivity index is 2.12. The van der Waals surface area contributed by atoms with E-state index in [4.69, 9.17) is 0 Å². The lowest BCUT2D eigenvalue weighted by molar-refractivity contribution is -0.127. The number of amides is 1. The highest BCUT2D eigenvalue weighted by molar-refractivity contribution is 5.86. The Labute approximate surface area is 92.1 Å². The number of carbonyl (C=O) groups is 1. The Hall–Kier alpha value is -1.65. The van der Waals surface area contributed by atoms with Crippen LogP contribution in [-0.2, 0) is 4.79 Å². The first-order chi connectivity index (χ1) is 7.56. The summed E-state index contributed by atoms with van der Waals surface area (Å²) in [6, 6.07) is 2.77. The lowest BCUT2D eigenvalue weighted by Gasteiger charge is -2.13. The van der Waals surface area contributed by atoms with Crippen molar-refractivity contribution < 1.29 is 13.6 Å². The number of likely N-dealkylation sites (tertiary alicyclic amines) is 1. The zero-order valence-electron chi connectivity index (χ0n) is 8.84. The third-order valence-electron chi connectivity index (χ3n) is 2.63. The van der Waals surface area contributed by atoms with Crippen molar-refractivity contribution in [2.45, 2.75) is 12.5 Å². The second-order valence-electron chi connectivity index (χ2n) is 3.90. The van der Waals surface area contributed by atoms with Crippen LogP contribution in [-0.4, -0.2) is 30.4 Å². The van der Waals surface area contributed by atoms with Crippen molar-refractivity contribution in [3.05, 3.63) is 29.8 Å². The van der Waals surface area contributed by atoms with Crippen LogP contribution in [0.25, 0.3) is 0 Å². The van der Waals surface area contributed by atoms with Crippen molar-refractivity contribution in [2.75, 3.05) is 18.9 Å². The van der Waals surface area contributed by atoms with Gasteiger partial charge in [0, 0.05) is 25.3 Å². The molecule has 1 aromatic rings. The normalized spacial score (nSPS) is 20.3. The Kier molecular flexibility index (Phi) is 2.77. The molecule has 1 aromatic carbocycles. The number of nitrogens with zero attached hydrogens (tertiary/aromatic N) is 1. The Morgan fingerprint density at radius 2 is 1.94 bits per heavy atom. The third kappa shape index (κ3) is 2.13. The highest BCUT2D eigenvalue weighted by Crippen LogP contribution is 2.18. The number of hydrogen-bond donors (Lipinski definition) is 1. The van der Waals surface area contributed by atoms with E-state index in [1.807, 2.05) is 0 Å². The predicted molar refractivity (Wildman–Crippen MR) is 56.0 cm³/mol. The predicted octanol–water partition coefficient (Wildman–Crippen LogP) is 1.61. The lowest BCUT2D eigenvalue weighted by atomic mass is 10.2. The van der Waals surface area contributed by atoms with Gasteiger partial charge in [0.25, 0.3) is 0 Å². The molecule has 0 bridgehead atoms. The molecule has 1 aliphatic rings. The average Bonchev–Trinajstić information content (AvgIpc) is 2.48. The van der Waals surface area contributed by atoms with Crippen LogP contribution >= 0.6 is 0 Å². The summed E-state index contributed by atoms with van der Waals surface area (Å²) in [5.74, 6) is -1.35. The first-order valence-corrected chi connectivity index (χ1v) is 5.04. The first-order valence-electron chi connectivity index (χ1n) is 5.04. The molecule has 0 radical (unpaired) electrons. The summed E-state index contributed by atoms with van der Waals surface area (Å²) < 4.78 is 25.8. The van der Waals surface area contributed by atoms with Gasteiger partial charge in [0.15, 0.2) is 0 Å². The second kappa shape index (κ2) is 4.08. The molecule has 1 aliphatic heterocycles. The van der Waals surface area contributed by atoms with E-state index in [0.717, 1.165) is 6.07 Å². The maximum Gasteiger partial charge on any atom is 0.244 e. The molecule has 1 fully saturated rings. The standard InChI is InChI=1S/C11H12F2N2O/c1-15-3-2-10(11(15)16)14-9-5-7(12)4-8(13)6-9/h4-6,10,14H,2-3H2,1H3/t10-/m1/s1. The van der Waals surface area contributed by atoms with Crippen molar-refractivity contribution in [3.8, 4) is 0 Å². The molecule has 86 valence electrons. The fraction of sp³-hybridized carbons (Fsp3) is 0.364. The summed E-state index contributed by atoms with van der Waals surface area (Å²) in [6.45, 7) is 0.661. The Morgan fingerprint density at radius 3 is 2.44 bits per heavy atom. The number of likely N-dealkylation sites (N-methyl/N-ethyl adjacent to an activating group) is 1. The highest BCUT2D eigenvalue weighted by atomic mass is 19.1. The third-order valence-corrected chi connectivity index (χ3v) is 2.63. The molecule has 5 heteroatoms. The van der Waals surface area contributed by atoms with Crippen molar-refractivity contribution in [1.29, 1.82) is 0 Å². The molecular weight excluding hydrogens is 214 g/mol. The summed E-state index contributed by atoms with van der Waals surface area (Å²) in [5, 5.41) is 2.83. The van der Waals surface area contributed by atoms with Crippen LogP contribution in [0.5, 0.6) is 0 Å². The molecule has 1 saturated heterocycles. The van der Waals surface area contributed by atoms with Gasteiger partial charge in [-0.15, -0.1) is 0 Å². The van der Waals surface area contributed by atoms with Crippen molar-refractivity contribution in [3.63, 3.8) is 0 Å². The molecule has 1 heterocycles. The van der Waals surface area contributed by atoms with E-state index in [1.54, 1.807) is 11.9 Å². The fourth-order valence-corrected chi connectivity index (χ4v) is 1.79. The molecule has 1 amide bonds. The van der Waals surface area contributed by atoms with E-state index in [0.29, 0.717) is 18.7 Å². The molecular formula is C11H12F2N2O. The number of nitrogens with one attached hydrogen (secondary N) is 1. The number of hydrogen-bond acceptors (Lipinski definition) is 2. The van der Waals surface area contributed by atoms with Gasteiger partial charge < -0.3 is 10.2 Å². The number of rotatable bonds is 2. The maximum absolute atomic E-state index is 12.9. The van der Waals surface area contributed by atoms with Crippen LogP contribution in [0.15, 0.2) is 18.2 Å². The van der Waals surface area contributed by atoms with Crippen LogP contribution < -0.4 is 5.32 Å². The van der Waals surface area contributed by atoms with E-state index >= 15 is 0 Å². The van der Waals surface area contributed by atoms with Gasteiger partial charge in [-0.25, -0.2) is 8.78 Å². The molecule has 1 N–H and O–H groups in total. The van der Waals surface area contributed by atoms with E-state index in [-0.39, 0.29) is 11.9 Å². The van der Waals surface area contributed by atoms with Crippen LogP contribution in [0.2, 0.25) is 0 Å². The van der Waals surface area contributed by atoms with Crippen molar-refractivity contribution in [1.82, 2.24) is 4.90 Å². The van der Waals surface area contributed by atoms with E-state index < -0.39 is 11.6 Å². The molecule has 2 rings (SSSR count). The number of benzene rings is 1. The largest absolute Gasteiger partial charge is 0.373 e. The van der Waals surface area contributed by atoms with E-state index in [1.165, 1.54) is 12.1 Å². The highest BCUT2D eigenvalue weighted by Gasteiger charge is 2.28. The minimum Gasteiger partial charge on any atom is -0.373 e. The first kappa shape index (κ1) is 10.9. The Morgan fingerprint density at radius 1 is 1.31 bits per heavy atom. The smallest absolute Gasteiger partial charge is 0.244 e. The van der Waals surface area contributed by atoms with Crippen LogP contribution in [0.1, 0.15) is 6.42 Å². The minimum absolute atomic E-state index is 0.0512. The summed E-state index contributed by atoms with van der Waals surface area (Å²) in [6.07, 6.45) is 0.646. The molecule has 0 aromatic heterocycles. The zero-order chi connectivity index (χ0) is 11.7. The van der Waals surface area contributed by atoms with E-state index in [9.17, 15) is 13.6 Å². The topological polar surface area (TPSA) is 32.3 Å². The maximum atomic E-state index is 12.9. The van der Waals surface area contributed by atoms with Gasteiger partial charge >= 0.3 is 0 Å².